The number of H-pyrrole nitrogens is 1. The zero-order chi connectivity index (χ0) is 20.7. The molecule has 0 aliphatic heterocycles. The summed E-state index contributed by atoms with van der Waals surface area (Å²) >= 11 is 0. The van der Waals surface area contributed by atoms with Gasteiger partial charge in [-0.1, -0.05) is 6.07 Å². The average Bonchev–Trinajstić information content (AvgIpc) is 2.99. The first-order valence-corrected chi connectivity index (χ1v) is 8.42. The number of pyridine rings is 1. The zero-order valence-corrected chi connectivity index (χ0v) is 15.0. The van der Waals surface area contributed by atoms with E-state index in [0.29, 0.717) is 22.6 Å². The first-order chi connectivity index (χ1) is 13.8. The molecule has 8 nitrogen and oxygen atoms in total. The van der Waals surface area contributed by atoms with Gasteiger partial charge in [0.15, 0.2) is 11.3 Å². The predicted molar refractivity (Wildman–Crippen MR) is 98.5 cm³/mol. The lowest BCUT2D eigenvalue weighted by atomic mass is 10.1. The van der Waals surface area contributed by atoms with Gasteiger partial charge in [0.05, 0.1) is 5.69 Å². The van der Waals surface area contributed by atoms with Crippen LogP contribution in [0.5, 0.6) is 0 Å². The minimum Gasteiger partial charge on any atom is -0.476 e. The van der Waals surface area contributed by atoms with Crippen molar-refractivity contribution in [3.63, 3.8) is 0 Å². The van der Waals surface area contributed by atoms with Gasteiger partial charge >= 0.3 is 5.97 Å². The Morgan fingerprint density at radius 3 is 2.55 bits per heavy atom. The molecule has 0 radical (unpaired) electrons. The van der Waals surface area contributed by atoms with E-state index in [-0.39, 0.29) is 23.1 Å². The lowest BCUT2D eigenvalue weighted by molar-refractivity contribution is 0.0691. The van der Waals surface area contributed by atoms with Gasteiger partial charge in [0.1, 0.15) is 22.8 Å². The number of carbonyl (C=O) groups is 1. The van der Waals surface area contributed by atoms with Crippen LogP contribution in [0.1, 0.15) is 21.9 Å². The molecule has 4 rings (SSSR count). The summed E-state index contributed by atoms with van der Waals surface area (Å²) in [5.74, 6) is -2.41. The molecule has 0 fully saturated rings. The third-order valence-electron chi connectivity index (χ3n) is 4.30. The molecule has 0 aliphatic rings. The van der Waals surface area contributed by atoms with Gasteiger partial charge in [-0.3, -0.25) is 9.78 Å². The quantitative estimate of drug-likeness (QED) is 0.546. The summed E-state index contributed by atoms with van der Waals surface area (Å²) < 4.78 is 28.0. The van der Waals surface area contributed by atoms with Crippen LogP contribution in [0.2, 0.25) is 0 Å². The smallest absolute Gasteiger partial charge is 0.357 e. The second-order valence-corrected chi connectivity index (χ2v) is 6.38. The number of nitrogens with zero attached hydrogens (tertiary/aromatic N) is 4. The Morgan fingerprint density at radius 2 is 1.93 bits per heavy atom. The van der Waals surface area contributed by atoms with Gasteiger partial charge in [-0.05, 0) is 23.8 Å². The maximum Gasteiger partial charge on any atom is 0.357 e. The monoisotopic (exact) mass is 397 g/mol. The van der Waals surface area contributed by atoms with Crippen LogP contribution in [0.3, 0.4) is 0 Å². The van der Waals surface area contributed by atoms with Crippen molar-refractivity contribution < 1.29 is 18.7 Å². The first-order valence-electron chi connectivity index (χ1n) is 8.42. The number of rotatable bonds is 4. The van der Waals surface area contributed by atoms with Gasteiger partial charge in [-0.25, -0.2) is 23.2 Å². The van der Waals surface area contributed by atoms with Crippen LogP contribution >= 0.6 is 0 Å². The second-order valence-electron chi connectivity index (χ2n) is 6.38. The standard InChI is InChI=1S/C19H13F2N5O3/c1-26-17-15(16(25-26)19(28)29)18(27)24-14(23-17)4-9-2-3-13(22-8-9)10-5-11(20)7-12(21)6-10/h2-3,5-8H,4H2,1H3,(H,28,29)(H,23,24,27). The molecule has 0 aliphatic carbocycles. The van der Waals surface area contributed by atoms with Crippen molar-refractivity contribution in [2.24, 2.45) is 7.05 Å². The zero-order valence-electron chi connectivity index (χ0n) is 15.0. The molecule has 3 aromatic heterocycles. The van der Waals surface area contributed by atoms with E-state index >= 15 is 0 Å². The molecule has 4 aromatic rings. The van der Waals surface area contributed by atoms with Crippen LogP contribution in [0.25, 0.3) is 22.3 Å². The molecular weight excluding hydrogens is 384 g/mol. The molecule has 146 valence electrons. The summed E-state index contributed by atoms with van der Waals surface area (Å²) in [7, 11) is 1.50. The second kappa shape index (κ2) is 6.89. The highest BCUT2D eigenvalue weighted by atomic mass is 19.1. The van der Waals surface area contributed by atoms with E-state index in [4.69, 9.17) is 5.11 Å². The Bertz CT molecular complexity index is 1290. The van der Waals surface area contributed by atoms with E-state index in [2.05, 4.69) is 20.1 Å². The summed E-state index contributed by atoms with van der Waals surface area (Å²) in [5.41, 5.74) is 0.570. The Morgan fingerprint density at radius 1 is 1.21 bits per heavy atom. The highest BCUT2D eigenvalue weighted by molar-refractivity contribution is 5.99. The number of carboxylic acid groups (broad SMARTS) is 1. The fourth-order valence-corrected chi connectivity index (χ4v) is 3.03. The van der Waals surface area contributed by atoms with Crippen LogP contribution in [-0.4, -0.2) is 35.8 Å². The minimum absolute atomic E-state index is 0.0923. The fraction of sp³-hybridized carbons (Fsp3) is 0.105. The van der Waals surface area contributed by atoms with Crippen molar-refractivity contribution in [2.75, 3.05) is 0 Å². The number of nitrogens with one attached hydrogen (secondary N) is 1. The number of aryl methyl sites for hydroxylation is 1. The van der Waals surface area contributed by atoms with Crippen molar-refractivity contribution in [3.8, 4) is 11.3 Å². The summed E-state index contributed by atoms with van der Waals surface area (Å²) in [5, 5.41) is 12.9. The van der Waals surface area contributed by atoms with E-state index in [1.54, 1.807) is 12.1 Å². The molecule has 0 spiro atoms. The Kier molecular flexibility index (Phi) is 4.38. The normalized spacial score (nSPS) is 11.1. The van der Waals surface area contributed by atoms with Crippen LogP contribution < -0.4 is 5.56 Å². The minimum atomic E-state index is -1.32. The molecule has 0 saturated carbocycles. The van der Waals surface area contributed by atoms with E-state index < -0.39 is 23.2 Å². The number of hydrogen-bond acceptors (Lipinski definition) is 5. The van der Waals surface area contributed by atoms with Crippen LogP contribution in [0.4, 0.5) is 8.78 Å². The Labute approximate surface area is 161 Å². The topological polar surface area (TPSA) is 114 Å². The maximum absolute atomic E-state index is 13.4. The number of fused-ring (bicyclic) bond motifs is 1. The summed E-state index contributed by atoms with van der Waals surface area (Å²) in [4.78, 5) is 34.6. The first kappa shape index (κ1) is 18.4. The Balaban J connectivity index is 1.66. The van der Waals surface area contributed by atoms with Gasteiger partial charge in [-0.2, -0.15) is 5.10 Å². The van der Waals surface area contributed by atoms with E-state index in [9.17, 15) is 18.4 Å². The lowest BCUT2D eigenvalue weighted by Gasteiger charge is -2.05. The highest BCUT2D eigenvalue weighted by Crippen LogP contribution is 2.20. The van der Waals surface area contributed by atoms with Crippen molar-refractivity contribution in [1.82, 2.24) is 24.7 Å². The van der Waals surface area contributed by atoms with Crippen LogP contribution in [0.15, 0.2) is 41.3 Å². The van der Waals surface area contributed by atoms with Crippen molar-refractivity contribution in [2.45, 2.75) is 6.42 Å². The molecule has 0 atom stereocenters. The van der Waals surface area contributed by atoms with Crippen molar-refractivity contribution in [3.05, 3.63) is 75.6 Å². The van der Waals surface area contributed by atoms with Gasteiger partial charge in [0.25, 0.3) is 5.56 Å². The van der Waals surface area contributed by atoms with Crippen molar-refractivity contribution >= 4 is 17.0 Å². The van der Waals surface area contributed by atoms with Gasteiger partial charge in [0, 0.05) is 31.3 Å². The maximum atomic E-state index is 13.4. The molecule has 10 heteroatoms. The molecule has 29 heavy (non-hydrogen) atoms. The molecule has 3 heterocycles. The van der Waals surface area contributed by atoms with Crippen LogP contribution in [-0.2, 0) is 13.5 Å². The van der Waals surface area contributed by atoms with Crippen molar-refractivity contribution in [1.29, 1.82) is 0 Å². The molecule has 0 unspecified atom stereocenters. The predicted octanol–water partition coefficient (Wildman–Crippen LogP) is 2.29. The summed E-state index contributed by atoms with van der Waals surface area (Å²) in [6, 6.07) is 6.44. The van der Waals surface area contributed by atoms with Gasteiger partial charge < -0.3 is 10.1 Å². The van der Waals surface area contributed by atoms with E-state index in [1.165, 1.54) is 30.1 Å². The van der Waals surface area contributed by atoms with E-state index in [1.807, 2.05) is 0 Å². The number of aromatic carboxylic acids is 1. The third-order valence-corrected chi connectivity index (χ3v) is 4.30. The molecule has 2 N–H and O–H groups in total. The molecule has 0 amide bonds. The number of carboxylic acids is 1. The molecular formula is C19H13F2N5O3. The average molecular weight is 397 g/mol. The summed E-state index contributed by atoms with van der Waals surface area (Å²) in [6.45, 7) is 0. The Hall–Kier alpha value is -3.95. The van der Waals surface area contributed by atoms with Crippen LogP contribution in [0, 0.1) is 11.6 Å². The van der Waals surface area contributed by atoms with E-state index in [0.717, 1.165) is 6.07 Å². The highest BCUT2D eigenvalue weighted by Gasteiger charge is 2.20. The fourth-order valence-electron chi connectivity index (χ4n) is 3.03. The number of benzene rings is 1. The molecule has 0 saturated heterocycles. The lowest BCUT2D eigenvalue weighted by Crippen LogP contribution is -2.14. The number of aromatic nitrogens is 5. The van der Waals surface area contributed by atoms with Gasteiger partial charge in [0.2, 0.25) is 0 Å². The molecule has 0 bridgehead atoms. The number of halogens is 2. The summed E-state index contributed by atoms with van der Waals surface area (Å²) in [6.07, 6.45) is 1.72. The molecule has 1 aromatic carbocycles. The SMILES string of the molecule is Cn1nc(C(=O)O)c2c(=O)[nH]c(Cc3ccc(-c4cc(F)cc(F)c4)nc3)nc21. The largest absolute Gasteiger partial charge is 0.476 e. The number of hydrogen-bond donors (Lipinski definition) is 2. The number of aromatic amines is 1. The third kappa shape index (κ3) is 3.47. The van der Waals surface area contributed by atoms with Gasteiger partial charge in [-0.15, -0.1) is 0 Å².